The molecule has 3 atom stereocenters. The third kappa shape index (κ3) is 2.40. The summed E-state index contributed by atoms with van der Waals surface area (Å²) in [7, 11) is 0. The van der Waals surface area contributed by atoms with Crippen LogP contribution in [0.3, 0.4) is 0 Å². The predicted molar refractivity (Wildman–Crippen MR) is 63.1 cm³/mol. The minimum atomic E-state index is -1.55. The van der Waals surface area contributed by atoms with Crippen molar-refractivity contribution in [2.75, 3.05) is 0 Å². The van der Waals surface area contributed by atoms with Crippen molar-refractivity contribution in [2.45, 2.75) is 52.6 Å². The van der Waals surface area contributed by atoms with Crippen LogP contribution >= 0.6 is 0 Å². The second-order valence-electron chi connectivity index (χ2n) is 5.90. The Bertz CT molecular complexity index is 252. The minimum Gasteiger partial charge on any atom is -0.479 e. The molecule has 94 valence electrons. The Morgan fingerprint density at radius 1 is 1.19 bits per heavy atom. The summed E-state index contributed by atoms with van der Waals surface area (Å²) in [4.78, 5) is 11.3. The zero-order chi connectivity index (χ0) is 12.5. The van der Waals surface area contributed by atoms with Crippen molar-refractivity contribution in [3.05, 3.63) is 0 Å². The maximum absolute atomic E-state index is 11.3. The predicted octanol–water partition coefficient (Wildman–Crippen LogP) is 2.53. The Hall–Kier alpha value is -0.570. The summed E-state index contributed by atoms with van der Waals surface area (Å²) in [5.74, 6) is -0.387. The summed E-state index contributed by atoms with van der Waals surface area (Å²) in [6, 6.07) is 0. The summed E-state index contributed by atoms with van der Waals surface area (Å²) >= 11 is 0. The van der Waals surface area contributed by atoms with E-state index in [1.165, 1.54) is 0 Å². The molecule has 0 heterocycles. The van der Waals surface area contributed by atoms with Crippen molar-refractivity contribution < 1.29 is 15.0 Å². The molecule has 0 aromatic carbocycles. The summed E-state index contributed by atoms with van der Waals surface area (Å²) in [6.07, 6.45) is 2.79. The third-order valence-corrected chi connectivity index (χ3v) is 4.02. The monoisotopic (exact) mass is 228 g/mol. The van der Waals surface area contributed by atoms with Gasteiger partial charge in [-0.1, -0.05) is 27.7 Å². The average Bonchev–Trinajstić information content (AvgIpc) is 2.14. The normalized spacial score (nSPS) is 34.8. The van der Waals surface area contributed by atoms with Crippen molar-refractivity contribution in [1.29, 1.82) is 0 Å². The standard InChI is InChI=1S/C13H24O3/c1-8(2)13(16,12(14)15)11-6-9(3)5-10(4)7-11/h8-11,16H,5-7H2,1-4H3,(H,14,15). The molecule has 3 unspecified atom stereocenters. The fourth-order valence-electron chi connectivity index (χ4n) is 3.20. The summed E-state index contributed by atoms with van der Waals surface area (Å²) in [5.41, 5.74) is -1.55. The van der Waals surface area contributed by atoms with E-state index in [0.29, 0.717) is 11.8 Å². The number of aliphatic hydroxyl groups is 1. The van der Waals surface area contributed by atoms with Gasteiger partial charge in [0.15, 0.2) is 5.60 Å². The number of hydrogen-bond donors (Lipinski definition) is 2. The maximum atomic E-state index is 11.3. The van der Waals surface area contributed by atoms with Gasteiger partial charge >= 0.3 is 5.97 Å². The van der Waals surface area contributed by atoms with Crippen molar-refractivity contribution in [3.63, 3.8) is 0 Å². The Morgan fingerprint density at radius 3 is 1.94 bits per heavy atom. The first-order valence-electron chi connectivity index (χ1n) is 6.24. The molecule has 3 heteroatoms. The Balaban J connectivity index is 2.91. The molecule has 2 N–H and O–H groups in total. The number of carboxylic acid groups (broad SMARTS) is 1. The van der Waals surface area contributed by atoms with Crippen LogP contribution in [0, 0.1) is 23.7 Å². The minimum absolute atomic E-state index is 0.108. The van der Waals surface area contributed by atoms with Crippen LogP contribution in [-0.4, -0.2) is 21.8 Å². The molecule has 16 heavy (non-hydrogen) atoms. The Morgan fingerprint density at radius 2 is 1.62 bits per heavy atom. The van der Waals surface area contributed by atoms with E-state index in [-0.39, 0.29) is 11.8 Å². The molecule has 1 rings (SSSR count). The summed E-state index contributed by atoms with van der Waals surface area (Å²) in [5, 5.41) is 19.7. The van der Waals surface area contributed by atoms with Crippen LogP contribution in [0.5, 0.6) is 0 Å². The van der Waals surface area contributed by atoms with Crippen molar-refractivity contribution in [3.8, 4) is 0 Å². The number of carbonyl (C=O) groups is 1. The largest absolute Gasteiger partial charge is 0.479 e. The van der Waals surface area contributed by atoms with Gasteiger partial charge < -0.3 is 10.2 Å². The number of aliphatic carboxylic acids is 1. The molecule has 1 fully saturated rings. The zero-order valence-electron chi connectivity index (χ0n) is 10.7. The number of hydrogen-bond acceptors (Lipinski definition) is 2. The lowest BCUT2D eigenvalue weighted by Crippen LogP contribution is -2.52. The number of carboxylic acids is 1. The number of rotatable bonds is 3. The molecular weight excluding hydrogens is 204 g/mol. The van der Waals surface area contributed by atoms with E-state index in [9.17, 15) is 15.0 Å². The molecule has 0 aromatic heterocycles. The molecule has 3 nitrogen and oxygen atoms in total. The van der Waals surface area contributed by atoms with E-state index in [2.05, 4.69) is 13.8 Å². The van der Waals surface area contributed by atoms with E-state index in [1.54, 1.807) is 13.8 Å². The van der Waals surface area contributed by atoms with Crippen LogP contribution < -0.4 is 0 Å². The zero-order valence-corrected chi connectivity index (χ0v) is 10.7. The van der Waals surface area contributed by atoms with Gasteiger partial charge in [-0.3, -0.25) is 0 Å². The molecule has 0 spiro atoms. The van der Waals surface area contributed by atoms with Crippen molar-refractivity contribution in [2.24, 2.45) is 23.7 Å². The maximum Gasteiger partial charge on any atom is 0.336 e. The quantitative estimate of drug-likeness (QED) is 0.780. The summed E-state index contributed by atoms with van der Waals surface area (Å²) < 4.78 is 0. The lowest BCUT2D eigenvalue weighted by Gasteiger charge is -2.41. The Labute approximate surface area is 97.9 Å². The topological polar surface area (TPSA) is 57.5 Å². The molecular formula is C13H24O3. The van der Waals surface area contributed by atoms with Crippen LogP contribution in [0.2, 0.25) is 0 Å². The van der Waals surface area contributed by atoms with Gasteiger partial charge in [0.2, 0.25) is 0 Å². The highest BCUT2D eigenvalue weighted by Crippen LogP contribution is 2.41. The highest BCUT2D eigenvalue weighted by Gasteiger charge is 2.48. The van der Waals surface area contributed by atoms with Gasteiger partial charge in [0.05, 0.1) is 0 Å². The molecule has 1 saturated carbocycles. The third-order valence-electron chi connectivity index (χ3n) is 4.02. The van der Waals surface area contributed by atoms with Gasteiger partial charge in [-0.25, -0.2) is 4.79 Å². The second-order valence-corrected chi connectivity index (χ2v) is 5.90. The lowest BCUT2D eigenvalue weighted by atomic mass is 9.66. The lowest BCUT2D eigenvalue weighted by molar-refractivity contribution is -0.175. The summed E-state index contributed by atoms with van der Waals surface area (Å²) in [6.45, 7) is 7.87. The molecule has 1 aliphatic rings. The molecule has 1 aliphatic carbocycles. The van der Waals surface area contributed by atoms with Crippen LogP contribution in [0.25, 0.3) is 0 Å². The fraction of sp³-hybridized carbons (Fsp3) is 0.923. The molecule has 0 saturated heterocycles. The Kier molecular flexibility index (Phi) is 4.00. The van der Waals surface area contributed by atoms with E-state index in [0.717, 1.165) is 19.3 Å². The van der Waals surface area contributed by atoms with E-state index >= 15 is 0 Å². The first-order chi connectivity index (χ1) is 7.28. The van der Waals surface area contributed by atoms with Gasteiger partial charge in [0.1, 0.15) is 0 Å². The SMILES string of the molecule is CC1CC(C)CC(C(O)(C(=O)O)C(C)C)C1. The van der Waals surface area contributed by atoms with Crippen LogP contribution in [0.15, 0.2) is 0 Å². The van der Waals surface area contributed by atoms with Gasteiger partial charge in [-0.15, -0.1) is 0 Å². The van der Waals surface area contributed by atoms with E-state index < -0.39 is 11.6 Å². The van der Waals surface area contributed by atoms with Gasteiger partial charge in [-0.2, -0.15) is 0 Å². The first kappa shape index (κ1) is 13.5. The molecule has 0 amide bonds. The van der Waals surface area contributed by atoms with E-state index in [4.69, 9.17) is 0 Å². The molecule has 0 radical (unpaired) electrons. The molecule has 0 bridgehead atoms. The van der Waals surface area contributed by atoms with Crippen LogP contribution in [0.4, 0.5) is 0 Å². The van der Waals surface area contributed by atoms with Crippen molar-refractivity contribution >= 4 is 5.97 Å². The van der Waals surface area contributed by atoms with Gasteiger partial charge in [-0.05, 0) is 42.9 Å². The molecule has 0 aliphatic heterocycles. The highest BCUT2D eigenvalue weighted by molar-refractivity contribution is 5.78. The second kappa shape index (κ2) is 4.74. The van der Waals surface area contributed by atoms with Gasteiger partial charge in [0, 0.05) is 0 Å². The van der Waals surface area contributed by atoms with Crippen LogP contribution in [0.1, 0.15) is 47.0 Å². The average molecular weight is 228 g/mol. The fourth-order valence-corrected chi connectivity index (χ4v) is 3.20. The van der Waals surface area contributed by atoms with Crippen LogP contribution in [-0.2, 0) is 4.79 Å². The first-order valence-corrected chi connectivity index (χ1v) is 6.24. The van der Waals surface area contributed by atoms with Gasteiger partial charge in [0.25, 0.3) is 0 Å². The van der Waals surface area contributed by atoms with E-state index in [1.807, 2.05) is 0 Å². The van der Waals surface area contributed by atoms with Crippen molar-refractivity contribution in [1.82, 2.24) is 0 Å². The highest BCUT2D eigenvalue weighted by atomic mass is 16.4. The molecule has 0 aromatic rings. The smallest absolute Gasteiger partial charge is 0.336 e.